The molecule has 4 nitrogen and oxygen atoms in total. The molecule has 21 heavy (non-hydrogen) atoms. The van der Waals surface area contributed by atoms with Crippen LogP contribution in [0.4, 0.5) is 0 Å². The summed E-state index contributed by atoms with van der Waals surface area (Å²) in [6.07, 6.45) is 3.86. The van der Waals surface area contributed by atoms with Gasteiger partial charge in [-0.25, -0.2) is 0 Å². The van der Waals surface area contributed by atoms with Gasteiger partial charge in [-0.2, -0.15) is 4.98 Å². The first-order chi connectivity index (χ1) is 9.66. The molecule has 114 valence electrons. The monoisotopic (exact) mass is 325 g/mol. The highest BCUT2D eigenvalue weighted by Gasteiger charge is 2.38. The zero-order valence-electron chi connectivity index (χ0n) is 12.0. The molecule has 0 unspecified atom stereocenters. The van der Waals surface area contributed by atoms with Crippen LogP contribution in [0.5, 0.6) is 0 Å². The Kier molecular flexibility index (Phi) is 5.30. The van der Waals surface area contributed by atoms with Crippen molar-refractivity contribution in [3.63, 3.8) is 0 Å². The second-order valence-corrected chi connectivity index (χ2v) is 6.60. The molecule has 2 N–H and O–H groups in total. The summed E-state index contributed by atoms with van der Waals surface area (Å²) in [7, 11) is 0. The van der Waals surface area contributed by atoms with Crippen LogP contribution in [0.1, 0.15) is 36.5 Å². The third kappa shape index (κ3) is 3.78. The summed E-state index contributed by atoms with van der Waals surface area (Å²) in [6, 6.07) is 8.54. The van der Waals surface area contributed by atoms with Gasteiger partial charge in [0.25, 0.3) is 0 Å². The van der Waals surface area contributed by atoms with Crippen molar-refractivity contribution in [2.45, 2.75) is 43.0 Å². The minimum absolute atomic E-state index is 0. The van der Waals surface area contributed by atoms with E-state index >= 15 is 0 Å². The van der Waals surface area contributed by atoms with Gasteiger partial charge in [0.05, 0.1) is 5.54 Å². The van der Waals surface area contributed by atoms with E-state index < -0.39 is 0 Å². The van der Waals surface area contributed by atoms with E-state index in [1.54, 1.807) is 11.8 Å². The molecular weight excluding hydrogens is 306 g/mol. The van der Waals surface area contributed by atoms with Crippen LogP contribution in [0.2, 0.25) is 0 Å². The van der Waals surface area contributed by atoms with E-state index in [-0.39, 0.29) is 17.9 Å². The van der Waals surface area contributed by atoms with Crippen molar-refractivity contribution < 1.29 is 4.52 Å². The molecule has 0 aliphatic heterocycles. The van der Waals surface area contributed by atoms with Crippen molar-refractivity contribution in [2.24, 2.45) is 5.73 Å². The highest BCUT2D eigenvalue weighted by atomic mass is 35.5. The third-order valence-corrected chi connectivity index (χ3v) is 4.78. The molecule has 0 spiro atoms. The minimum atomic E-state index is -0.328. The van der Waals surface area contributed by atoms with Crippen molar-refractivity contribution >= 4 is 24.2 Å². The molecule has 3 rings (SSSR count). The maximum atomic E-state index is 6.18. The van der Waals surface area contributed by atoms with E-state index in [1.165, 1.54) is 10.5 Å². The topological polar surface area (TPSA) is 64.9 Å². The summed E-state index contributed by atoms with van der Waals surface area (Å²) in [6.45, 7) is 2.09. The fourth-order valence-corrected chi connectivity index (χ4v) is 3.07. The summed E-state index contributed by atoms with van der Waals surface area (Å²) < 4.78 is 5.29. The van der Waals surface area contributed by atoms with E-state index in [0.717, 1.165) is 31.4 Å². The molecule has 1 heterocycles. The lowest BCUT2D eigenvalue weighted by Crippen LogP contribution is -2.44. The van der Waals surface area contributed by atoms with Crippen molar-refractivity contribution in [1.82, 2.24) is 10.1 Å². The molecule has 1 saturated carbocycles. The second kappa shape index (κ2) is 6.81. The maximum Gasteiger partial charge on any atom is 0.227 e. The number of nitrogens with zero attached hydrogens (tertiary/aromatic N) is 2. The van der Waals surface area contributed by atoms with Crippen molar-refractivity contribution in [1.29, 1.82) is 0 Å². The molecule has 0 saturated heterocycles. The van der Waals surface area contributed by atoms with Gasteiger partial charge in [0.1, 0.15) is 0 Å². The highest BCUT2D eigenvalue weighted by molar-refractivity contribution is 7.99. The summed E-state index contributed by atoms with van der Waals surface area (Å²) in [4.78, 5) is 5.70. The number of thioether (sulfide) groups is 1. The molecule has 2 aromatic rings. The molecule has 0 amide bonds. The average molecular weight is 326 g/mol. The Morgan fingerprint density at radius 1 is 1.29 bits per heavy atom. The minimum Gasteiger partial charge on any atom is -0.339 e. The number of aromatic nitrogens is 2. The predicted octanol–water partition coefficient (Wildman–Crippen LogP) is 3.47. The molecule has 0 atom stereocenters. The predicted molar refractivity (Wildman–Crippen MR) is 86.9 cm³/mol. The van der Waals surface area contributed by atoms with E-state index in [9.17, 15) is 0 Å². The molecule has 0 radical (unpaired) electrons. The lowest BCUT2D eigenvalue weighted by atomic mass is 9.77. The summed E-state index contributed by atoms with van der Waals surface area (Å²) >= 11 is 1.80. The Labute approximate surface area is 135 Å². The molecule has 1 aromatic heterocycles. The van der Waals surface area contributed by atoms with E-state index in [0.29, 0.717) is 11.7 Å². The first-order valence-corrected chi connectivity index (χ1v) is 7.96. The van der Waals surface area contributed by atoms with Crippen LogP contribution in [-0.4, -0.2) is 15.9 Å². The van der Waals surface area contributed by atoms with Gasteiger partial charge in [-0.15, -0.1) is 24.2 Å². The molecule has 1 aliphatic carbocycles. The standard InChI is InChI=1S/C15H19N3OS.ClH/c1-11-3-5-12(6-4-11)20-10-7-13-17-14(18-19-13)15(16)8-2-9-15;/h3-6H,2,7-10,16H2,1H3;1H. The van der Waals surface area contributed by atoms with Gasteiger partial charge in [0.15, 0.2) is 5.82 Å². The Bertz CT molecular complexity index is 581. The quantitative estimate of drug-likeness (QED) is 0.853. The van der Waals surface area contributed by atoms with Gasteiger partial charge >= 0.3 is 0 Å². The molecule has 1 aromatic carbocycles. The highest BCUT2D eigenvalue weighted by Crippen LogP contribution is 2.36. The molecule has 1 fully saturated rings. The molecule has 6 heteroatoms. The largest absolute Gasteiger partial charge is 0.339 e. The van der Waals surface area contributed by atoms with Crippen LogP contribution in [0.3, 0.4) is 0 Å². The SMILES string of the molecule is Cc1ccc(SCCc2nc(C3(N)CCC3)no2)cc1.Cl. The van der Waals surface area contributed by atoms with Crippen molar-refractivity contribution in [3.05, 3.63) is 41.5 Å². The van der Waals surface area contributed by atoms with Gasteiger partial charge in [-0.05, 0) is 38.3 Å². The van der Waals surface area contributed by atoms with Crippen LogP contribution in [0.15, 0.2) is 33.7 Å². The Hall–Kier alpha value is -1.04. The number of aryl methyl sites for hydroxylation is 2. The third-order valence-electron chi connectivity index (χ3n) is 3.76. The van der Waals surface area contributed by atoms with Crippen LogP contribution in [0.25, 0.3) is 0 Å². The van der Waals surface area contributed by atoms with E-state index in [4.69, 9.17) is 10.3 Å². The maximum absolute atomic E-state index is 6.18. The summed E-state index contributed by atoms with van der Waals surface area (Å²) in [5.74, 6) is 2.30. The lowest BCUT2D eigenvalue weighted by Gasteiger charge is -2.34. The Morgan fingerprint density at radius 2 is 2.00 bits per heavy atom. The zero-order chi connectivity index (χ0) is 14.0. The summed E-state index contributed by atoms with van der Waals surface area (Å²) in [5, 5.41) is 4.03. The van der Waals surface area contributed by atoms with Crippen LogP contribution >= 0.6 is 24.2 Å². The van der Waals surface area contributed by atoms with Gasteiger partial charge in [-0.1, -0.05) is 22.9 Å². The number of halogens is 1. The van der Waals surface area contributed by atoms with E-state index in [2.05, 4.69) is 41.3 Å². The van der Waals surface area contributed by atoms with Crippen molar-refractivity contribution in [2.75, 3.05) is 5.75 Å². The number of benzene rings is 1. The first kappa shape index (κ1) is 16.3. The Morgan fingerprint density at radius 3 is 2.62 bits per heavy atom. The normalized spacial score (nSPS) is 16.1. The van der Waals surface area contributed by atoms with Gasteiger partial charge in [0.2, 0.25) is 5.89 Å². The lowest BCUT2D eigenvalue weighted by molar-refractivity contribution is 0.229. The van der Waals surface area contributed by atoms with E-state index in [1.807, 2.05) is 0 Å². The smallest absolute Gasteiger partial charge is 0.227 e. The number of hydrogen-bond donors (Lipinski definition) is 1. The van der Waals surface area contributed by atoms with Crippen LogP contribution in [-0.2, 0) is 12.0 Å². The zero-order valence-corrected chi connectivity index (χ0v) is 13.7. The fraction of sp³-hybridized carbons (Fsp3) is 0.467. The van der Waals surface area contributed by atoms with Gasteiger partial charge in [-0.3, -0.25) is 0 Å². The van der Waals surface area contributed by atoms with Gasteiger partial charge in [0, 0.05) is 17.1 Å². The number of rotatable bonds is 5. The molecular formula is C15H20ClN3OS. The Balaban J connectivity index is 0.00000161. The molecule has 1 aliphatic rings. The first-order valence-electron chi connectivity index (χ1n) is 6.97. The van der Waals surface area contributed by atoms with Crippen molar-refractivity contribution in [3.8, 4) is 0 Å². The fourth-order valence-electron chi connectivity index (χ4n) is 2.23. The summed E-state index contributed by atoms with van der Waals surface area (Å²) in [5.41, 5.74) is 7.14. The van der Waals surface area contributed by atoms with Gasteiger partial charge < -0.3 is 10.3 Å². The number of nitrogens with two attached hydrogens (primary N) is 1. The van der Waals surface area contributed by atoms with Crippen LogP contribution < -0.4 is 5.73 Å². The average Bonchev–Trinajstić information content (AvgIpc) is 2.87. The number of hydrogen-bond acceptors (Lipinski definition) is 5. The molecule has 0 bridgehead atoms. The van der Waals surface area contributed by atoms with Crippen LogP contribution in [0, 0.1) is 6.92 Å². The second-order valence-electron chi connectivity index (χ2n) is 5.43.